The summed E-state index contributed by atoms with van der Waals surface area (Å²) in [6, 6.07) is 10.4. The summed E-state index contributed by atoms with van der Waals surface area (Å²) < 4.78 is 101. The van der Waals surface area contributed by atoms with E-state index in [1.54, 1.807) is 0 Å². The summed E-state index contributed by atoms with van der Waals surface area (Å²) in [5, 5.41) is -0.618. The van der Waals surface area contributed by atoms with Gasteiger partial charge in [-0.3, -0.25) is 0 Å². The third-order valence-corrected chi connectivity index (χ3v) is 5.53. The topological polar surface area (TPSA) is 0 Å². The van der Waals surface area contributed by atoms with Crippen LogP contribution in [0.1, 0.15) is 0 Å². The predicted octanol–water partition coefficient (Wildman–Crippen LogP) is 8.30. The van der Waals surface area contributed by atoms with Crippen LogP contribution in [0.25, 0.3) is 43.8 Å². The molecule has 0 fully saturated rings. The lowest BCUT2D eigenvalue weighted by Gasteiger charge is -2.19. The fraction of sp³-hybridized carbons (Fsp3) is 0. The van der Waals surface area contributed by atoms with Crippen LogP contribution in [0.5, 0.6) is 0 Å². The molecule has 0 aliphatic heterocycles. The molecule has 0 saturated heterocycles. The third-order valence-electron chi connectivity index (χ3n) is 5.53. The van der Waals surface area contributed by atoms with Crippen molar-refractivity contribution in [1.29, 1.82) is 0 Å². The third kappa shape index (κ3) is 3.31. The summed E-state index contributed by atoms with van der Waals surface area (Å²) in [6.45, 7) is 0. The normalized spacial score (nSPS) is 11.5. The molecule has 0 aliphatic rings. The van der Waals surface area contributed by atoms with E-state index in [1.165, 1.54) is 6.07 Å². The van der Waals surface area contributed by atoms with Crippen LogP contribution in [-0.4, -0.2) is 0 Å². The fourth-order valence-corrected chi connectivity index (χ4v) is 4.17. The maximum absolute atomic E-state index is 15.2. The van der Waals surface area contributed by atoms with Gasteiger partial charge in [0.2, 0.25) is 0 Å². The number of hydrogen-bond donors (Lipinski definition) is 0. The van der Waals surface area contributed by atoms with Crippen molar-refractivity contribution in [1.82, 2.24) is 0 Å². The number of hydrogen-bond acceptors (Lipinski definition) is 0. The molecule has 0 unspecified atom stereocenters. The van der Waals surface area contributed by atoms with Gasteiger partial charge in [-0.2, -0.15) is 0 Å². The van der Waals surface area contributed by atoms with Gasteiger partial charge in [-0.15, -0.1) is 0 Å². The minimum atomic E-state index is -1.24. The van der Waals surface area contributed by atoms with Crippen molar-refractivity contribution < 1.29 is 30.7 Å². The Morgan fingerprint density at radius 1 is 0.394 bits per heavy atom. The van der Waals surface area contributed by atoms with E-state index in [1.807, 2.05) is 0 Å². The first-order valence-corrected chi connectivity index (χ1v) is 9.70. The van der Waals surface area contributed by atoms with Gasteiger partial charge in [0.15, 0.2) is 11.6 Å². The van der Waals surface area contributed by atoms with E-state index in [9.17, 15) is 22.0 Å². The van der Waals surface area contributed by atoms with Crippen LogP contribution in [0, 0.1) is 40.7 Å². The van der Waals surface area contributed by atoms with Crippen LogP contribution in [0.4, 0.5) is 30.7 Å². The highest BCUT2D eigenvalue weighted by Gasteiger charge is 2.24. The quantitative estimate of drug-likeness (QED) is 0.185. The van der Waals surface area contributed by atoms with E-state index in [0.29, 0.717) is 6.07 Å². The Hall–Kier alpha value is -3.87. The maximum atomic E-state index is 15.2. The average Bonchev–Trinajstić information content (AvgIpc) is 2.77. The van der Waals surface area contributed by atoms with Gasteiger partial charge >= 0.3 is 0 Å². The van der Waals surface area contributed by atoms with Gasteiger partial charge < -0.3 is 0 Å². The Labute approximate surface area is 182 Å². The summed E-state index contributed by atoms with van der Waals surface area (Å²) in [6.07, 6.45) is 0. The molecule has 0 N–H and O–H groups in total. The van der Waals surface area contributed by atoms with Crippen LogP contribution < -0.4 is 0 Å². The molecule has 0 nitrogen and oxygen atoms in total. The zero-order valence-electron chi connectivity index (χ0n) is 16.5. The lowest BCUT2D eigenvalue weighted by molar-refractivity contribution is 0.509. The van der Waals surface area contributed by atoms with Gasteiger partial charge in [-0.05, 0) is 64.9 Å². The fourth-order valence-electron chi connectivity index (χ4n) is 4.17. The molecule has 5 aromatic carbocycles. The van der Waals surface area contributed by atoms with Gasteiger partial charge in [-0.25, -0.2) is 30.7 Å². The van der Waals surface area contributed by atoms with Gasteiger partial charge in [0.1, 0.15) is 29.1 Å². The summed E-state index contributed by atoms with van der Waals surface area (Å²) in [7, 11) is 0. The molecule has 0 aromatic heterocycles. The molecule has 0 aliphatic carbocycles. The van der Waals surface area contributed by atoms with Crippen LogP contribution in [0.15, 0.2) is 66.7 Å². The molecule has 0 bridgehead atoms. The second kappa shape index (κ2) is 7.62. The van der Waals surface area contributed by atoms with E-state index in [-0.39, 0.29) is 43.8 Å². The van der Waals surface area contributed by atoms with Gasteiger partial charge in [-0.1, -0.05) is 12.1 Å². The number of halogens is 7. The molecule has 7 heteroatoms. The monoisotopic (exact) mass is 456 g/mol. The average molecular weight is 456 g/mol. The number of benzene rings is 5. The molecule has 164 valence electrons. The molecule has 33 heavy (non-hydrogen) atoms. The van der Waals surface area contributed by atoms with Crippen molar-refractivity contribution >= 4 is 21.5 Å². The lowest BCUT2D eigenvalue weighted by Crippen LogP contribution is -1.98. The molecular weight excluding hydrogens is 445 g/mol. The van der Waals surface area contributed by atoms with E-state index in [0.717, 1.165) is 54.6 Å². The Morgan fingerprint density at radius 3 is 1.67 bits per heavy atom. The van der Waals surface area contributed by atoms with Crippen LogP contribution in [-0.2, 0) is 0 Å². The van der Waals surface area contributed by atoms with Gasteiger partial charge in [0.25, 0.3) is 0 Å². The van der Waals surface area contributed by atoms with E-state index >= 15 is 8.78 Å². The van der Waals surface area contributed by atoms with E-state index < -0.39 is 40.7 Å². The zero-order chi connectivity index (χ0) is 23.4. The molecule has 0 saturated carbocycles. The Balaban J connectivity index is 2.08. The largest absolute Gasteiger partial charge is 0.207 e. The van der Waals surface area contributed by atoms with Crippen molar-refractivity contribution in [3.05, 3.63) is 107 Å². The number of fused-ring (bicyclic) bond motifs is 2. The standard InChI is InChI=1S/C26H11F7/c27-13-2-4-15-17(10-13)23(12-1-6-18(29)22(33)9-12)25-19(30)7-8-20(31)26(25)24(15)16-5-3-14(28)11-21(16)32/h1-11H. The van der Waals surface area contributed by atoms with E-state index in [4.69, 9.17) is 0 Å². The van der Waals surface area contributed by atoms with Crippen LogP contribution in [0.3, 0.4) is 0 Å². The van der Waals surface area contributed by atoms with Crippen molar-refractivity contribution in [3.8, 4) is 22.3 Å². The van der Waals surface area contributed by atoms with Crippen LogP contribution in [0.2, 0.25) is 0 Å². The molecule has 0 heterocycles. The van der Waals surface area contributed by atoms with Crippen molar-refractivity contribution in [2.75, 3.05) is 0 Å². The van der Waals surface area contributed by atoms with Crippen molar-refractivity contribution in [2.24, 2.45) is 0 Å². The van der Waals surface area contributed by atoms with Crippen molar-refractivity contribution in [3.63, 3.8) is 0 Å². The first-order chi connectivity index (χ1) is 15.8. The first kappa shape index (κ1) is 21.0. The van der Waals surface area contributed by atoms with E-state index in [2.05, 4.69) is 0 Å². The minimum Gasteiger partial charge on any atom is -0.207 e. The summed E-state index contributed by atoms with van der Waals surface area (Å²) in [4.78, 5) is 0. The molecule has 0 spiro atoms. The Bertz CT molecular complexity index is 1590. The van der Waals surface area contributed by atoms with Crippen molar-refractivity contribution in [2.45, 2.75) is 0 Å². The number of rotatable bonds is 2. The van der Waals surface area contributed by atoms with Crippen LogP contribution >= 0.6 is 0 Å². The summed E-state index contributed by atoms with van der Waals surface area (Å²) in [5.74, 6) is -6.92. The summed E-state index contributed by atoms with van der Waals surface area (Å²) in [5.41, 5.74) is -0.494. The maximum Gasteiger partial charge on any atom is 0.159 e. The summed E-state index contributed by atoms with van der Waals surface area (Å²) >= 11 is 0. The second-order valence-corrected chi connectivity index (χ2v) is 7.47. The molecular formula is C26H11F7. The smallest absolute Gasteiger partial charge is 0.159 e. The van der Waals surface area contributed by atoms with Gasteiger partial charge in [0, 0.05) is 33.5 Å². The minimum absolute atomic E-state index is 0.0109. The predicted molar refractivity (Wildman–Crippen MR) is 112 cm³/mol. The molecule has 0 radical (unpaired) electrons. The molecule has 5 rings (SSSR count). The highest BCUT2D eigenvalue weighted by atomic mass is 19.2. The second-order valence-electron chi connectivity index (χ2n) is 7.47. The molecule has 0 amide bonds. The lowest BCUT2D eigenvalue weighted by atomic mass is 9.85. The molecule has 0 atom stereocenters. The van der Waals surface area contributed by atoms with Gasteiger partial charge in [0.05, 0.1) is 0 Å². The molecule has 5 aromatic rings. The highest BCUT2D eigenvalue weighted by Crippen LogP contribution is 2.46. The highest BCUT2D eigenvalue weighted by molar-refractivity contribution is 6.21. The SMILES string of the molecule is Fc1ccc(-c2c3ccc(F)cc3c(-c3ccc(F)c(F)c3)c3c(F)ccc(F)c23)c(F)c1. The Kier molecular flexibility index (Phi) is 4.85. The Morgan fingerprint density at radius 2 is 1.00 bits per heavy atom. The zero-order valence-corrected chi connectivity index (χ0v) is 16.5. The first-order valence-electron chi connectivity index (χ1n) is 9.70.